The van der Waals surface area contributed by atoms with Crippen molar-refractivity contribution in [3.63, 3.8) is 0 Å². The number of benzene rings is 2. The molecule has 0 aliphatic carbocycles. The average Bonchev–Trinajstić information content (AvgIpc) is 3.41. The summed E-state index contributed by atoms with van der Waals surface area (Å²) in [6.07, 6.45) is 1.51. The molecule has 1 aromatic heterocycles. The van der Waals surface area contributed by atoms with Crippen LogP contribution in [-0.4, -0.2) is 35.4 Å². The number of carbonyl (C=O) groups is 2. The van der Waals surface area contributed by atoms with Gasteiger partial charge in [0.2, 0.25) is 0 Å². The van der Waals surface area contributed by atoms with E-state index >= 15 is 0 Å². The van der Waals surface area contributed by atoms with Gasteiger partial charge in [-0.3, -0.25) is 9.59 Å². The van der Waals surface area contributed by atoms with Crippen LogP contribution in [0.15, 0.2) is 76.9 Å². The third-order valence-corrected chi connectivity index (χ3v) is 5.27. The van der Waals surface area contributed by atoms with Crippen molar-refractivity contribution in [1.29, 1.82) is 0 Å². The Hall–Kier alpha value is -4.00. The van der Waals surface area contributed by atoms with Gasteiger partial charge in [0, 0.05) is 5.56 Å². The maximum atomic E-state index is 13.1. The molecule has 1 aliphatic rings. The van der Waals surface area contributed by atoms with E-state index < -0.39 is 17.7 Å². The van der Waals surface area contributed by atoms with Gasteiger partial charge < -0.3 is 23.9 Å². The van der Waals surface area contributed by atoms with Crippen LogP contribution in [-0.2, 0) is 16.1 Å². The number of amides is 1. The third kappa shape index (κ3) is 3.97. The molecule has 0 radical (unpaired) electrons. The van der Waals surface area contributed by atoms with Gasteiger partial charge in [0.25, 0.3) is 11.7 Å². The topological polar surface area (TPSA) is 89.2 Å². The fraction of sp³-hybridized carbons (Fsp3) is 0.200. The molecule has 164 valence electrons. The fourth-order valence-electron chi connectivity index (χ4n) is 3.83. The van der Waals surface area contributed by atoms with Gasteiger partial charge >= 0.3 is 0 Å². The molecule has 7 heteroatoms. The van der Waals surface area contributed by atoms with Crippen LogP contribution in [0.5, 0.6) is 11.5 Å². The van der Waals surface area contributed by atoms with Gasteiger partial charge in [0.05, 0.1) is 38.1 Å². The highest BCUT2D eigenvalue weighted by atomic mass is 16.5. The van der Waals surface area contributed by atoms with Crippen LogP contribution in [0.1, 0.15) is 29.9 Å². The number of aliphatic hydroxyl groups excluding tert-OH is 1. The molecule has 1 aliphatic heterocycles. The number of aliphatic hydroxyl groups is 1. The van der Waals surface area contributed by atoms with Crippen LogP contribution in [0, 0.1) is 0 Å². The molecule has 1 atom stereocenters. The van der Waals surface area contributed by atoms with E-state index in [1.165, 1.54) is 18.3 Å². The number of rotatable bonds is 7. The number of carbonyl (C=O) groups excluding carboxylic acids is 2. The van der Waals surface area contributed by atoms with Crippen molar-refractivity contribution in [1.82, 2.24) is 4.90 Å². The zero-order valence-corrected chi connectivity index (χ0v) is 17.8. The first-order valence-corrected chi connectivity index (χ1v) is 10.2. The molecule has 0 spiro atoms. The van der Waals surface area contributed by atoms with Crippen LogP contribution < -0.4 is 9.47 Å². The molecule has 0 saturated carbocycles. The Balaban J connectivity index is 1.86. The zero-order chi connectivity index (χ0) is 22.7. The predicted octanol–water partition coefficient (Wildman–Crippen LogP) is 4.31. The monoisotopic (exact) mass is 433 g/mol. The minimum atomic E-state index is -0.814. The molecule has 1 saturated heterocycles. The van der Waals surface area contributed by atoms with Crippen LogP contribution in [0.25, 0.3) is 5.76 Å². The summed E-state index contributed by atoms with van der Waals surface area (Å²) in [7, 11) is 1.54. The van der Waals surface area contributed by atoms with E-state index in [4.69, 9.17) is 13.9 Å². The second-order valence-electron chi connectivity index (χ2n) is 7.24. The van der Waals surface area contributed by atoms with Gasteiger partial charge in [0.1, 0.15) is 23.0 Å². The summed E-state index contributed by atoms with van der Waals surface area (Å²) in [5.41, 5.74) is 1.03. The van der Waals surface area contributed by atoms with E-state index in [0.717, 1.165) is 0 Å². The zero-order valence-electron chi connectivity index (χ0n) is 17.8. The average molecular weight is 433 g/mol. The maximum absolute atomic E-state index is 13.1. The van der Waals surface area contributed by atoms with E-state index in [1.807, 2.05) is 6.92 Å². The smallest absolute Gasteiger partial charge is 0.296 e. The highest BCUT2D eigenvalue weighted by Crippen LogP contribution is 2.41. The first-order valence-electron chi connectivity index (χ1n) is 10.2. The quantitative estimate of drug-likeness (QED) is 0.339. The minimum Gasteiger partial charge on any atom is -0.507 e. The molecular weight excluding hydrogens is 410 g/mol. The lowest BCUT2D eigenvalue weighted by Crippen LogP contribution is -2.29. The Kier molecular flexibility index (Phi) is 5.98. The molecule has 4 rings (SSSR count). The normalized spacial score (nSPS) is 17.6. The second kappa shape index (κ2) is 9.01. The highest BCUT2D eigenvalue weighted by molar-refractivity contribution is 6.46. The van der Waals surface area contributed by atoms with Gasteiger partial charge in [-0.25, -0.2) is 0 Å². The molecule has 3 aromatic rings. The van der Waals surface area contributed by atoms with E-state index in [-0.39, 0.29) is 17.9 Å². The molecule has 1 N–H and O–H groups in total. The van der Waals surface area contributed by atoms with Crippen molar-refractivity contribution in [3.8, 4) is 11.5 Å². The highest BCUT2D eigenvalue weighted by Gasteiger charge is 2.46. The lowest BCUT2D eigenvalue weighted by molar-refractivity contribution is -0.140. The summed E-state index contributed by atoms with van der Waals surface area (Å²) in [6, 6.07) is 16.5. The van der Waals surface area contributed by atoms with Gasteiger partial charge in [-0.15, -0.1) is 0 Å². The molecule has 32 heavy (non-hydrogen) atoms. The lowest BCUT2D eigenvalue weighted by Gasteiger charge is -2.24. The summed E-state index contributed by atoms with van der Waals surface area (Å²) in [5, 5.41) is 11.2. The lowest BCUT2D eigenvalue weighted by atomic mass is 9.95. The molecule has 2 heterocycles. The van der Waals surface area contributed by atoms with E-state index in [9.17, 15) is 14.7 Å². The van der Waals surface area contributed by atoms with Crippen LogP contribution >= 0.6 is 0 Å². The summed E-state index contributed by atoms with van der Waals surface area (Å²) in [4.78, 5) is 27.5. The van der Waals surface area contributed by atoms with Crippen molar-refractivity contribution < 1.29 is 28.6 Å². The number of likely N-dealkylation sites (tertiary alicyclic amines) is 1. The number of methoxy groups -OCH3 is 1. The molecule has 0 bridgehead atoms. The Morgan fingerprint density at radius 3 is 2.56 bits per heavy atom. The molecule has 7 nitrogen and oxygen atoms in total. The minimum absolute atomic E-state index is 0.00320. The van der Waals surface area contributed by atoms with Crippen molar-refractivity contribution in [2.45, 2.75) is 19.5 Å². The van der Waals surface area contributed by atoms with Crippen molar-refractivity contribution >= 4 is 17.4 Å². The Labute approximate surface area is 185 Å². The summed E-state index contributed by atoms with van der Waals surface area (Å²) in [6.45, 7) is 2.40. The number of furan rings is 1. The standard InChI is InChI=1S/C25H23NO6/c1-3-31-19-10-5-8-17(14-19)23(27)21-22(16-7-4-9-18(13-16)30-2)26(25(29)24(21)28)15-20-11-6-12-32-20/h4-14,22,27H,3,15H2,1-2H3/b23-21-. The van der Waals surface area contributed by atoms with Crippen molar-refractivity contribution in [2.75, 3.05) is 13.7 Å². The Bertz CT molecular complexity index is 1160. The van der Waals surface area contributed by atoms with E-state index in [0.29, 0.717) is 35.0 Å². The Morgan fingerprint density at radius 2 is 1.84 bits per heavy atom. The SMILES string of the molecule is CCOc1cccc(/C(O)=C2/C(=O)C(=O)N(Cc3ccco3)C2c2cccc(OC)c2)c1. The van der Waals surface area contributed by atoms with Crippen LogP contribution in [0.3, 0.4) is 0 Å². The van der Waals surface area contributed by atoms with Gasteiger partial charge in [0.15, 0.2) is 0 Å². The molecular formula is C25H23NO6. The molecule has 1 fully saturated rings. The van der Waals surface area contributed by atoms with Crippen molar-refractivity contribution in [2.24, 2.45) is 0 Å². The predicted molar refractivity (Wildman–Crippen MR) is 117 cm³/mol. The van der Waals surface area contributed by atoms with Crippen LogP contribution in [0.2, 0.25) is 0 Å². The number of hydrogen-bond donors (Lipinski definition) is 1. The number of nitrogens with zero attached hydrogens (tertiary/aromatic N) is 1. The third-order valence-electron chi connectivity index (χ3n) is 5.27. The van der Waals surface area contributed by atoms with E-state index in [1.54, 1.807) is 60.7 Å². The first kappa shape index (κ1) is 21.2. The summed E-state index contributed by atoms with van der Waals surface area (Å²) in [5.74, 6) is -0.0815. The maximum Gasteiger partial charge on any atom is 0.296 e. The van der Waals surface area contributed by atoms with Gasteiger partial charge in [-0.05, 0) is 48.9 Å². The number of Topliss-reactive ketones (excluding diaryl/α,β-unsaturated/α-hetero) is 1. The number of ether oxygens (including phenoxy) is 2. The second-order valence-corrected chi connectivity index (χ2v) is 7.24. The van der Waals surface area contributed by atoms with E-state index in [2.05, 4.69) is 0 Å². The Morgan fingerprint density at radius 1 is 1.06 bits per heavy atom. The summed E-state index contributed by atoms with van der Waals surface area (Å²) >= 11 is 0. The van der Waals surface area contributed by atoms with Gasteiger partial charge in [-0.1, -0.05) is 24.3 Å². The largest absolute Gasteiger partial charge is 0.507 e. The number of hydrogen-bond acceptors (Lipinski definition) is 6. The van der Waals surface area contributed by atoms with Crippen LogP contribution in [0.4, 0.5) is 0 Å². The van der Waals surface area contributed by atoms with Crippen molar-refractivity contribution in [3.05, 3.63) is 89.4 Å². The number of ketones is 1. The fourth-order valence-corrected chi connectivity index (χ4v) is 3.83. The first-order chi connectivity index (χ1) is 15.5. The molecule has 2 aromatic carbocycles. The van der Waals surface area contributed by atoms with Gasteiger partial charge in [-0.2, -0.15) is 0 Å². The molecule has 1 amide bonds. The molecule has 1 unspecified atom stereocenters. The summed E-state index contributed by atoms with van der Waals surface area (Å²) < 4.78 is 16.3.